The van der Waals surface area contributed by atoms with E-state index in [-0.39, 0.29) is 34.3 Å². The molecule has 14 heteroatoms. The molecular weight excluding hydrogens is 659 g/mol. The van der Waals surface area contributed by atoms with Gasteiger partial charge in [0, 0.05) is 38.3 Å². The van der Waals surface area contributed by atoms with Crippen LogP contribution in [0.15, 0.2) is 71.6 Å². The van der Waals surface area contributed by atoms with Gasteiger partial charge in [0.1, 0.15) is 10.1 Å². The molecule has 5 rings (SSSR count). The van der Waals surface area contributed by atoms with E-state index in [1.54, 1.807) is 24.3 Å². The molecule has 2 N–H and O–H groups in total. The van der Waals surface area contributed by atoms with Crippen molar-refractivity contribution in [1.82, 2.24) is 9.80 Å². The maximum Gasteiger partial charge on any atom is 0.419 e. The maximum atomic E-state index is 14.0. The van der Waals surface area contributed by atoms with E-state index in [1.807, 2.05) is 0 Å². The van der Waals surface area contributed by atoms with Crippen LogP contribution in [0.1, 0.15) is 34.3 Å². The molecule has 0 spiro atoms. The van der Waals surface area contributed by atoms with E-state index in [9.17, 15) is 31.9 Å². The number of alkyl halides is 3. The molecule has 0 bridgehead atoms. The molecule has 8 nitrogen and oxygen atoms in total. The number of carbonyl (C=O) groups is 3. The SMILES string of the molecule is O=C(CCN1C(=O)/C(=C(\CCN2CCOCC2)c2cccc(-c3ccc(F)c(C(F)(F)F)c3)c2)SC1=S)Nc1ccc(C(=O)O)cc1. The first kappa shape index (κ1) is 34.2. The quantitative estimate of drug-likeness (QED) is 0.141. The van der Waals surface area contributed by atoms with Gasteiger partial charge in [-0.1, -0.05) is 48.2 Å². The fourth-order valence-corrected chi connectivity index (χ4v) is 6.62. The van der Waals surface area contributed by atoms with E-state index in [1.165, 1.54) is 35.2 Å². The number of aromatic carboxylic acids is 1. The van der Waals surface area contributed by atoms with E-state index in [0.29, 0.717) is 66.6 Å². The molecule has 0 unspecified atom stereocenters. The highest BCUT2D eigenvalue weighted by atomic mass is 32.2. The standard InChI is InChI=1S/C33H29F4N3O5S2/c34-27-9-6-22(19-26(27)33(35,36)37)21-2-1-3-23(18-21)25(10-12-39-14-16-45-17-15-39)29-30(42)40(32(46)47-29)13-11-28(41)38-24-7-4-20(5-8-24)31(43)44/h1-9,18-19H,10-17H2,(H,38,41)(H,43,44)/b29-25-. The van der Waals surface area contributed by atoms with Gasteiger partial charge in [-0.15, -0.1) is 0 Å². The second-order valence-electron chi connectivity index (χ2n) is 10.8. The van der Waals surface area contributed by atoms with Gasteiger partial charge in [-0.2, -0.15) is 13.2 Å². The molecule has 3 aromatic rings. The Kier molecular flexibility index (Phi) is 10.7. The van der Waals surface area contributed by atoms with Gasteiger partial charge in [0.15, 0.2) is 0 Å². The Morgan fingerprint density at radius 3 is 2.32 bits per heavy atom. The smallest absolute Gasteiger partial charge is 0.419 e. The van der Waals surface area contributed by atoms with Crippen molar-refractivity contribution < 1.29 is 41.8 Å². The number of nitrogens with zero attached hydrogens (tertiary/aromatic N) is 2. The average Bonchev–Trinajstić information content (AvgIpc) is 3.32. The van der Waals surface area contributed by atoms with Gasteiger partial charge in [0.2, 0.25) is 5.91 Å². The summed E-state index contributed by atoms with van der Waals surface area (Å²) in [5.41, 5.74) is 0.959. The molecule has 246 valence electrons. The Bertz CT molecular complexity index is 1720. The summed E-state index contributed by atoms with van der Waals surface area (Å²) in [5, 5.41) is 11.7. The van der Waals surface area contributed by atoms with Crippen LogP contribution >= 0.6 is 24.0 Å². The van der Waals surface area contributed by atoms with Crippen LogP contribution in [0.25, 0.3) is 16.7 Å². The number of rotatable bonds is 10. The number of benzene rings is 3. The van der Waals surface area contributed by atoms with Crippen LogP contribution in [0.2, 0.25) is 0 Å². The zero-order valence-corrected chi connectivity index (χ0v) is 26.4. The zero-order valence-electron chi connectivity index (χ0n) is 24.8. The third-order valence-corrected chi connectivity index (χ3v) is 9.19. The Morgan fingerprint density at radius 2 is 1.64 bits per heavy atom. The summed E-state index contributed by atoms with van der Waals surface area (Å²) in [5.74, 6) is -3.24. The second kappa shape index (κ2) is 14.8. The molecule has 2 amide bonds. The molecule has 0 atom stereocenters. The molecule has 0 aliphatic carbocycles. The Hall–Kier alpha value is -4.11. The molecule has 3 aromatic carbocycles. The number of thioether (sulfide) groups is 1. The van der Waals surface area contributed by atoms with Crippen molar-refractivity contribution in [3.05, 3.63) is 94.1 Å². The lowest BCUT2D eigenvalue weighted by Crippen LogP contribution is -2.37. The van der Waals surface area contributed by atoms with Crippen molar-refractivity contribution in [3.63, 3.8) is 0 Å². The van der Waals surface area contributed by atoms with Gasteiger partial charge < -0.3 is 15.2 Å². The summed E-state index contributed by atoms with van der Waals surface area (Å²) in [7, 11) is 0. The normalized spacial score (nSPS) is 16.8. The lowest BCUT2D eigenvalue weighted by atomic mass is 9.95. The number of nitrogens with one attached hydrogen (secondary N) is 1. The first-order chi connectivity index (χ1) is 22.4. The van der Waals surface area contributed by atoms with Crippen molar-refractivity contribution in [1.29, 1.82) is 0 Å². The minimum Gasteiger partial charge on any atom is -0.478 e. The molecule has 0 saturated carbocycles. The highest BCUT2D eigenvalue weighted by Gasteiger charge is 2.36. The fraction of sp³-hybridized carbons (Fsp3) is 0.273. The number of carboxylic acid groups (broad SMARTS) is 1. The van der Waals surface area contributed by atoms with Crippen LogP contribution in [-0.4, -0.2) is 76.4 Å². The second-order valence-corrected chi connectivity index (χ2v) is 12.4. The molecule has 2 aliphatic rings. The summed E-state index contributed by atoms with van der Waals surface area (Å²) in [6.45, 7) is 3.15. The first-order valence-electron chi connectivity index (χ1n) is 14.6. The van der Waals surface area contributed by atoms with Crippen molar-refractivity contribution in [3.8, 4) is 11.1 Å². The molecule has 2 aliphatic heterocycles. The number of halogens is 4. The zero-order chi connectivity index (χ0) is 33.7. The summed E-state index contributed by atoms with van der Waals surface area (Å²) in [4.78, 5) is 41.4. The van der Waals surface area contributed by atoms with Gasteiger partial charge in [-0.3, -0.25) is 19.4 Å². The summed E-state index contributed by atoms with van der Waals surface area (Å²) >= 11 is 6.63. The lowest BCUT2D eigenvalue weighted by molar-refractivity contribution is -0.140. The molecule has 2 fully saturated rings. The highest BCUT2D eigenvalue weighted by molar-refractivity contribution is 8.26. The largest absolute Gasteiger partial charge is 0.478 e. The minimum atomic E-state index is -4.86. The molecular formula is C33H29F4N3O5S2. The van der Waals surface area contributed by atoms with E-state index >= 15 is 0 Å². The third-order valence-electron chi connectivity index (χ3n) is 7.70. The number of carboxylic acids is 1. The fourth-order valence-electron chi connectivity index (χ4n) is 5.20. The van der Waals surface area contributed by atoms with Crippen LogP contribution in [0.4, 0.5) is 23.2 Å². The van der Waals surface area contributed by atoms with E-state index in [2.05, 4.69) is 10.2 Å². The van der Waals surface area contributed by atoms with Gasteiger partial charge in [-0.05, 0) is 71.1 Å². The highest BCUT2D eigenvalue weighted by Crippen LogP contribution is 2.40. The van der Waals surface area contributed by atoms with E-state index in [0.717, 1.165) is 23.9 Å². The molecule has 2 heterocycles. The predicted molar refractivity (Wildman–Crippen MR) is 174 cm³/mol. The van der Waals surface area contributed by atoms with Gasteiger partial charge in [0.05, 0.1) is 29.2 Å². The topological polar surface area (TPSA) is 99.2 Å². The van der Waals surface area contributed by atoms with Crippen molar-refractivity contribution >= 4 is 57.3 Å². The van der Waals surface area contributed by atoms with Crippen LogP contribution in [0, 0.1) is 5.82 Å². The van der Waals surface area contributed by atoms with Gasteiger partial charge >= 0.3 is 12.1 Å². The number of morpholine rings is 1. The van der Waals surface area contributed by atoms with Crippen LogP contribution < -0.4 is 5.32 Å². The number of thiocarbonyl (C=S) groups is 1. The van der Waals surface area contributed by atoms with Crippen molar-refractivity contribution in [2.24, 2.45) is 0 Å². The van der Waals surface area contributed by atoms with Crippen LogP contribution in [-0.2, 0) is 20.5 Å². The monoisotopic (exact) mass is 687 g/mol. The van der Waals surface area contributed by atoms with Gasteiger partial charge in [-0.25, -0.2) is 9.18 Å². The number of ether oxygens (including phenoxy) is 1. The number of anilines is 1. The summed E-state index contributed by atoms with van der Waals surface area (Å²) in [6, 6.07) is 15.2. The lowest BCUT2D eigenvalue weighted by Gasteiger charge is -2.27. The predicted octanol–water partition coefficient (Wildman–Crippen LogP) is 6.53. The Labute approximate surface area is 277 Å². The Morgan fingerprint density at radius 1 is 0.936 bits per heavy atom. The van der Waals surface area contributed by atoms with Crippen molar-refractivity contribution in [2.75, 3.05) is 44.7 Å². The molecule has 0 radical (unpaired) electrons. The average molecular weight is 688 g/mol. The molecule has 2 saturated heterocycles. The van der Waals surface area contributed by atoms with Crippen molar-refractivity contribution in [2.45, 2.75) is 19.0 Å². The summed E-state index contributed by atoms with van der Waals surface area (Å²) < 4.78 is 60.1. The van der Waals surface area contributed by atoms with Crippen LogP contribution in [0.3, 0.4) is 0 Å². The number of hydrogen-bond acceptors (Lipinski definition) is 7. The summed E-state index contributed by atoms with van der Waals surface area (Å²) in [6.07, 6.45) is -4.51. The number of amides is 2. The van der Waals surface area contributed by atoms with Crippen LogP contribution in [0.5, 0.6) is 0 Å². The van der Waals surface area contributed by atoms with E-state index < -0.39 is 29.4 Å². The number of hydrogen-bond donors (Lipinski definition) is 2. The number of carbonyl (C=O) groups excluding carboxylic acids is 2. The maximum absolute atomic E-state index is 14.0. The Balaban J connectivity index is 1.39. The van der Waals surface area contributed by atoms with Gasteiger partial charge in [0.25, 0.3) is 5.91 Å². The minimum absolute atomic E-state index is 0.000207. The first-order valence-corrected chi connectivity index (χ1v) is 15.8. The van der Waals surface area contributed by atoms with E-state index in [4.69, 9.17) is 22.1 Å². The third kappa shape index (κ3) is 8.44. The molecule has 47 heavy (non-hydrogen) atoms. The molecule has 0 aromatic heterocycles.